The van der Waals surface area contributed by atoms with Crippen molar-refractivity contribution in [3.8, 4) is 5.75 Å². The standard InChI is InChI=1S/C10H10BrFO2/c1-14-9-5-8(12)6(4-7(9)11)10(13)2-3-10/h4-5,13H,2-3H2,1H3. The van der Waals surface area contributed by atoms with Crippen LogP contribution in [0.25, 0.3) is 0 Å². The van der Waals surface area contributed by atoms with E-state index >= 15 is 0 Å². The van der Waals surface area contributed by atoms with Gasteiger partial charge in [0.15, 0.2) is 0 Å². The van der Waals surface area contributed by atoms with Gasteiger partial charge in [0.1, 0.15) is 11.6 Å². The molecule has 1 fully saturated rings. The Bertz CT molecular complexity index is 375. The number of aliphatic hydroxyl groups is 1. The van der Waals surface area contributed by atoms with Crippen molar-refractivity contribution in [3.05, 3.63) is 28.0 Å². The second kappa shape index (κ2) is 3.21. The smallest absolute Gasteiger partial charge is 0.135 e. The third-order valence-electron chi connectivity index (χ3n) is 2.47. The maximum absolute atomic E-state index is 13.5. The molecule has 0 aliphatic heterocycles. The van der Waals surface area contributed by atoms with Crippen LogP contribution in [0.2, 0.25) is 0 Å². The Morgan fingerprint density at radius 2 is 2.14 bits per heavy atom. The van der Waals surface area contributed by atoms with Crippen LogP contribution in [0.3, 0.4) is 0 Å². The van der Waals surface area contributed by atoms with Gasteiger partial charge in [0.2, 0.25) is 0 Å². The van der Waals surface area contributed by atoms with Crippen LogP contribution >= 0.6 is 15.9 Å². The maximum Gasteiger partial charge on any atom is 0.135 e. The topological polar surface area (TPSA) is 29.5 Å². The minimum absolute atomic E-state index is 0.352. The molecule has 14 heavy (non-hydrogen) atoms. The van der Waals surface area contributed by atoms with Gasteiger partial charge < -0.3 is 9.84 Å². The zero-order chi connectivity index (χ0) is 10.3. The fraction of sp³-hybridized carbons (Fsp3) is 0.400. The van der Waals surface area contributed by atoms with E-state index in [-0.39, 0.29) is 0 Å². The Morgan fingerprint density at radius 3 is 2.64 bits per heavy atom. The molecule has 0 heterocycles. The molecule has 0 amide bonds. The van der Waals surface area contributed by atoms with E-state index in [1.807, 2.05) is 0 Å². The van der Waals surface area contributed by atoms with E-state index in [4.69, 9.17) is 4.74 Å². The molecule has 2 nitrogen and oxygen atoms in total. The third-order valence-corrected chi connectivity index (χ3v) is 3.09. The number of benzene rings is 1. The molecule has 4 heteroatoms. The molecule has 0 spiro atoms. The predicted octanol–water partition coefficient (Wildman–Crippen LogP) is 2.58. The highest BCUT2D eigenvalue weighted by molar-refractivity contribution is 9.10. The summed E-state index contributed by atoms with van der Waals surface area (Å²) in [5.41, 5.74) is -0.594. The number of ether oxygens (including phenoxy) is 1. The summed E-state index contributed by atoms with van der Waals surface area (Å²) < 4.78 is 19.1. The average molecular weight is 261 g/mol. The lowest BCUT2D eigenvalue weighted by molar-refractivity contribution is 0.146. The van der Waals surface area contributed by atoms with Crippen LogP contribution in [0, 0.1) is 5.82 Å². The fourth-order valence-electron chi connectivity index (χ4n) is 1.43. The van der Waals surface area contributed by atoms with Crippen LogP contribution in [0.1, 0.15) is 18.4 Å². The van der Waals surface area contributed by atoms with Crippen molar-refractivity contribution in [2.24, 2.45) is 0 Å². The van der Waals surface area contributed by atoms with Gasteiger partial charge in [-0.3, -0.25) is 0 Å². The zero-order valence-corrected chi connectivity index (χ0v) is 9.27. The molecule has 0 saturated heterocycles. The van der Waals surface area contributed by atoms with Gasteiger partial charge >= 0.3 is 0 Å². The summed E-state index contributed by atoms with van der Waals surface area (Å²) in [7, 11) is 1.48. The van der Waals surface area contributed by atoms with E-state index < -0.39 is 11.4 Å². The molecular weight excluding hydrogens is 251 g/mol. The molecule has 76 valence electrons. The summed E-state index contributed by atoms with van der Waals surface area (Å²) >= 11 is 3.26. The first-order valence-electron chi connectivity index (χ1n) is 4.33. The molecule has 0 aromatic heterocycles. The highest BCUT2D eigenvalue weighted by Gasteiger charge is 2.44. The Labute approximate surface area is 89.8 Å². The van der Waals surface area contributed by atoms with E-state index in [9.17, 15) is 9.50 Å². The van der Waals surface area contributed by atoms with Gasteiger partial charge in [-0.15, -0.1) is 0 Å². The Balaban J connectivity index is 2.48. The minimum atomic E-state index is -0.946. The third kappa shape index (κ3) is 1.53. The van der Waals surface area contributed by atoms with Crippen LogP contribution in [0.5, 0.6) is 5.75 Å². The van der Waals surface area contributed by atoms with Crippen LogP contribution in [-0.4, -0.2) is 12.2 Å². The Morgan fingerprint density at radius 1 is 1.50 bits per heavy atom. The van der Waals surface area contributed by atoms with Gasteiger partial charge in [-0.25, -0.2) is 4.39 Å². The molecular formula is C10H10BrFO2. The molecule has 1 saturated carbocycles. The summed E-state index contributed by atoms with van der Waals surface area (Å²) in [6.07, 6.45) is 1.26. The number of rotatable bonds is 2. The highest BCUT2D eigenvalue weighted by atomic mass is 79.9. The van der Waals surface area contributed by atoms with Crippen molar-refractivity contribution in [2.75, 3.05) is 7.11 Å². The van der Waals surface area contributed by atoms with Crippen LogP contribution < -0.4 is 4.74 Å². The van der Waals surface area contributed by atoms with E-state index in [0.29, 0.717) is 28.6 Å². The summed E-state index contributed by atoms with van der Waals surface area (Å²) in [5, 5.41) is 9.77. The van der Waals surface area contributed by atoms with E-state index in [1.54, 1.807) is 6.07 Å². The van der Waals surface area contributed by atoms with Crippen molar-refractivity contribution < 1.29 is 14.2 Å². The number of hydrogen-bond acceptors (Lipinski definition) is 2. The molecule has 0 atom stereocenters. The van der Waals surface area contributed by atoms with E-state index in [1.165, 1.54) is 13.2 Å². The first kappa shape index (κ1) is 9.93. The Hall–Kier alpha value is -0.610. The van der Waals surface area contributed by atoms with Crippen molar-refractivity contribution in [2.45, 2.75) is 18.4 Å². The second-order valence-corrected chi connectivity index (χ2v) is 4.35. The van der Waals surface area contributed by atoms with Crippen molar-refractivity contribution in [1.82, 2.24) is 0 Å². The number of methoxy groups -OCH3 is 1. The van der Waals surface area contributed by atoms with Gasteiger partial charge in [0.05, 0.1) is 17.2 Å². The van der Waals surface area contributed by atoms with Gasteiger partial charge in [-0.2, -0.15) is 0 Å². The van der Waals surface area contributed by atoms with Crippen LogP contribution in [-0.2, 0) is 5.60 Å². The monoisotopic (exact) mass is 260 g/mol. The van der Waals surface area contributed by atoms with Gasteiger partial charge in [0.25, 0.3) is 0 Å². The molecule has 1 aliphatic rings. The zero-order valence-electron chi connectivity index (χ0n) is 7.68. The normalized spacial score (nSPS) is 18.0. The predicted molar refractivity (Wildman–Crippen MR) is 53.8 cm³/mol. The van der Waals surface area contributed by atoms with E-state index in [2.05, 4.69) is 15.9 Å². The highest BCUT2D eigenvalue weighted by Crippen LogP contribution is 2.47. The average Bonchev–Trinajstić information content (AvgIpc) is 2.88. The first-order chi connectivity index (χ1) is 6.57. The molecule has 0 unspecified atom stereocenters. The molecule has 0 bridgehead atoms. The van der Waals surface area contributed by atoms with Gasteiger partial charge in [0, 0.05) is 11.6 Å². The van der Waals surface area contributed by atoms with Gasteiger partial charge in [-0.05, 0) is 34.8 Å². The molecule has 1 aromatic carbocycles. The van der Waals surface area contributed by atoms with Crippen LogP contribution in [0.15, 0.2) is 16.6 Å². The van der Waals surface area contributed by atoms with Gasteiger partial charge in [-0.1, -0.05) is 0 Å². The number of halogens is 2. The Kier molecular flexibility index (Phi) is 2.27. The molecule has 2 rings (SSSR count). The lowest BCUT2D eigenvalue weighted by Crippen LogP contribution is -2.07. The maximum atomic E-state index is 13.5. The first-order valence-corrected chi connectivity index (χ1v) is 5.12. The van der Waals surface area contributed by atoms with E-state index in [0.717, 1.165) is 0 Å². The summed E-state index contributed by atoms with van der Waals surface area (Å²) in [6.45, 7) is 0. The van der Waals surface area contributed by atoms with Crippen LogP contribution in [0.4, 0.5) is 4.39 Å². The molecule has 1 N–H and O–H groups in total. The lowest BCUT2D eigenvalue weighted by Gasteiger charge is -2.12. The number of hydrogen-bond donors (Lipinski definition) is 1. The summed E-state index contributed by atoms with van der Waals surface area (Å²) in [5.74, 6) is 0.0283. The quantitative estimate of drug-likeness (QED) is 0.886. The summed E-state index contributed by atoms with van der Waals surface area (Å²) in [6, 6.07) is 2.87. The minimum Gasteiger partial charge on any atom is -0.495 e. The van der Waals surface area contributed by atoms with Crippen molar-refractivity contribution in [3.63, 3.8) is 0 Å². The van der Waals surface area contributed by atoms with Crippen molar-refractivity contribution in [1.29, 1.82) is 0 Å². The second-order valence-electron chi connectivity index (χ2n) is 3.50. The molecule has 1 aromatic rings. The van der Waals surface area contributed by atoms with Crippen molar-refractivity contribution >= 4 is 15.9 Å². The largest absolute Gasteiger partial charge is 0.495 e. The summed E-state index contributed by atoms with van der Waals surface area (Å²) in [4.78, 5) is 0. The lowest BCUT2D eigenvalue weighted by atomic mass is 10.1. The molecule has 1 aliphatic carbocycles. The molecule has 0 radical (unpaired) electrons. The fourth-order valence-corrected chi connectivity index (χ4v) is 1.93. The SMILES string of the molecule is COc1cc(F)c(C2(O)CC2)cc1Br.